The van der Waals surface area contributed by atoms with Crippen LogP contribution in [0, 0.1) is 6.92 Å². The molecule has 4 heterocycles. The minimum absolute atomic E-state index is 0.0361. The topological polar surface area (TPSA) is 67.2 Å². The van der Waals surface area contributed by atoms with Crippen LogP contribution in [0.5, 0.6) is 0 Å². The van der Waals surface area contributed by atoms with Crippen LogP contribution >= 0.6 is 11.3 Å². The lowest BCUT2D eigenvalue weighted by Gasteiger charge is -2.49. The number of carbonyl (C=O) groups excluding carboxylic acids is 1. The van der Waals surface area contributed by atoms with Crippen molar-refractivity contribution in [2.24, 2.45) is 0 Å². The summed E-state index contributed by atoms with van der Waals surface area (Å²) in [6.07, 6.45) is 7.93. The second-order valence-corrected chi connectivity index (χ2v) is 12.3. The summed E-state index contributed by atoms with van der Waals surface area (Å²) in [6.45, 7) is 14.5. The van der Waals surface area contributed by atoms with E-state index in [0.717, 1.165) is 80.7 Å². The van der Waals surface area contributed by atoms with Gasteiger partial charge >= 0.3 is 0 Å². The van der Waals surface area contributed by atoms with E-state index in [0.29, 0.717) is 10.3 Å². The van der Waals surface area contributed by atoms with E-state index in [2.05, 4.69) is 44.8 Å². The van der Waals surface area contributed by atoms with Crippen LogP contribution in [0.25, 0.3) is 10.2 Å². The smallest absolute Gasteiger partial charge is 0.264 e. The Kier molecular flexibility index (Phi) is 6.76. The van der Waals surface area contributed by atoms with Crippen LogP contribution in [0.1, 0.15) is 101 Å². The number of hydrogen-bond acceptors (Lipinski definition) is 5. The average Bonchev–Trinajstić information content (AvgIpc) is 2.87. The summed E-state index contributed by atoms with van der Waals surface area (Å²) in [5.41, 5.74) is 0.772. The number of hydrogen-bond donors (Lipinski definition) is 1. The lowest BCUT2D eigenvalue weighted by molar-refractivity contribution is 0.0445. The molecule has 1 N–H and O–H groups in total. The van der Waals surface area contributed by atoms with Gasteiger partial charge in [-0.3, -0.25) is 14.2 Å². The molecular formula is C26H40N4O2S. The summed E-state index contributed by atoms with van der Waals surface area (Å²) in [5.74, 6) is 0.956. The molecule has 1 amide bonds. The first kappa shape index (κ1) is 24.4. The third-order valence-electron chi connectivity index (χ3n) is 7.23. The molecule has 0 saturated carbocycles. The Balaban J connectivity index is 1.75. The zero-order valence-corrected chi connectivity index (χ0v) is 22.0. The highest BCUT2D eigenvalue weighted by molar-refractivity contribution is 7.20. The van der Waals surface area contributed by atoms with Gasteiger partial charge in [0.2, 0.25) is 0 Å². The first-order valence-corrected chi connectivity index (χ1v) is 13.5. The molecular weight excluding hydrogens is 432 g/mol. The SMILES string of the molecule is CCCCN(C(=O)c1sc2nc3n(c(=O)c2c1C)CCCCC3)C1CC(C)(C)NC(C)(C)C1. The van der Waals surface area contributed by atoms with Crippen molar-refractivity contribution < 1.29 is 4.79 Å². The van der Waals surface area contributed by atoms with Gasteiger partial charge < -0.3 is 10.2 Å². The third-order valence-corrected chi connectivity index (χ3v) is 8.40. The molecule has 2 aliphatic heterocycles. The molecule has 0 aromatic carbocycles. The van der Waals surface area contributed by atoms with E-state index in [1.165, 1.54) is 11.3 Å². The average molecular weight is 473 g/mol. The summed E-state index contributed by atoms with van der Waals surface area (Å²) in [5, 5.41) is 4.39. The molecule has 6 nitrogen and oxygen atoms in total. The predicted molar refractivity (Wildman–Crippen MR) is 136 cm³/mol. The Labute approximate surface area is 201 Å². The van der Waals surface area contributed by atoms with Crippen molar-refractivity contribution in [2.75, 3.05) is 6.54 Å². The van der Waals surface area contributed by atoms with Gasteiger partial charge in [-0.1, -0.05) is 19.8 Å². The molecule has 7 heteroatoms. The van der Waals surface area contributed by atoms with Gasteiger partial charge in [-0.05, 0) is 72.3 Å². The quantitative estimate of drug-likeness (QED) is 0.662. The van der Waals surface area contributed by atoms with E-state index in [1.54, 1.807) is 0 Å². The van der Waals surface area contributed by atoms with Gasteiger partial charge in [-0.25, -0.2) is 4.98 Å². The number of nitrogens with one attached hydrogen (secondary N) is 1. The highest BCUT2D eigenvalue weighted by Crippen LogP contribution is 2.35. The number of unbranched alkanes of at least 4 members (excludes halogenated alkanes) is 1. The van der Waals surface area contributed by atoms with Gasteiger partial charge in [0.1, 0.15) is 10.7 Å². The molecule has 4 rings (SSSR count). The first-order valence-electron chi connectivity index (χ1n) is 12.7. The molecule has 0 radical (unpaired) electrons. The van der Waals surface area contributed by atoms with E-state index in [9.17, 15) is 9.59 Å². The number of amides is 1. The number of aromatic nitrogens is 2. The maximum absolute atomic E-state index is 14.0. The Morgan fingerprint density at radius 1 is 1.18 bits per heavy atom. The van der Waals surface area contributed by atoms with Crippen molar-refractivity contribution in [1.82, 2.24) is 19.8 Å². The molecule has 1 fully saturated rings. The maximum Gasteiger partial charge on any atom is 0.264 e. The number of rotatable bonds is 5. The van der Waals surface area contributed by atoms with Gasteiger partial charge in [0.05, 0.1) is 10.3 Å². The van der Waals surface area contributed by atoms with Crippen LogP contribution in [0.4, 0.5) is 0 Å². The van der Waals surface area contributed by atoms with E-state index < -0.39 is 0 Å². The maximum atomic E-state index is 14.0. The van der Waals surface area contributed by atoms with Crippen molar-refractivity contribution in [1.29, 1.82) is 0 Å². The largest absolute Gasteiger partial charge is 0.335 e. The standard InChI is InChI=1S/C26H40N4O2S/c1-7-8-13-29(18-15-25(3,4)28-26(5,6)16-18)24(32)21-17(2)20-22(33-21)27-19-12-10-9-11-14-30(19)23(20)31/h18,28H,7-16H2,1-6H3. The Morgan fingerprint density at radius 3 is 2.55 bits per heavy atom. The molecule has 1 saturated heterocycles. The molecule has 0 atom stereocenters. The molecule has 0 aliphatic carbocycles. The van der Waals surface area contributed by atoms with Crippen molar-refractivity contribution >= 4 is 27.5 Å². The molecule has 0 spiro atoms. The lowest BCUT2D eigenvalue weighted by Crippen LogP contribution is -2.62. The minimum atomic E-state index is -0.0374. The third kappa shape index (κ3) is 4.90. The zero-order chi connectivity index (χ0) is 24.0. The number of thiophene rings is 1. The van der Waals surface area contributed by atoms with Gasteiger partial charge in [-0.15, -0.1) is 11.3 Å². The molecule has 0 bridgehead atoms. The summed E-state index contributed by atoms with van der Waals surface area (Å²) < 4.78 is 1.86. The van der Waals surface area contributed by atoms with Gasteiger partial charge in [-0.2, -0.15) is 0 Å². The van der Waals surface area contributed by atoms with Crippen LogP contribution in [-0.2, 0) is 13.0 Å². The number of nitrogens with zero attached hydrogens (tertiary/aromatic N) is 3. The number of carbonyl (C=O) groups is 1. The van der Waals surface area contributed by atoms with Gasteiger partial charge in [0.25, 0.3) is 11.5 Å². The fourth-order valence-corrected chi connectivity index (χ4v) is 7.16. The van der Waals surface area contributed by atoms with E-state index in [-0.39, 0.29) is 28.6 Å². The highest BCUT2D eigenvalue weighted by Gasteiger charge is 2.41. The van der Waals surface area contributed by atoms with Gasteiger partial charge in [0.15, 0.2) is 0 Å². The van der Waals surface area contributed by atoms with Crippen molar-refractivity contribution in [2.45, 2.75) is 117 Å². The molecule has 2 aliphatic rings. The predicted octanol–water partition coefficient (Wildman–Crippen LogP) is 5.04. The second-order valence-electron chi connectivity index (χ2n) is 11.3. The van der Waals surface area contributed by atoms with Crippen molar-refractivity contribution in [3.63, 3.8) is 0 Å². The normalized spacial score (nSPS) is 20.4. The van der Waals surface area contributed by atoms with Crippen LogP contribution in [0.3, 0.4) is 0 Å². The summed E-state index contributed by atoms with van der Waals surface area (Å²) in [7, 11) is 0. The van der Waals surface area contributed by atoms with Crippen LogP contribution in [0.2, 0.25) is 0 Å². The van der Waals surface area contributed by atoms with Crippen molar-refractivity contribution in [3.05, 3.63) is 26.6 Å². The number of aryl methyl sites for hydroxylation is 2. The number of fused-ring (bicyclic) bond motifs is 2. The lowest BCUT2D eigenvalue weighted by atomic mass is 9.79. The van der Waals surface area contributed by atoms with Gasteiger partial charge in [0, 0.05) is 36.6 Å². The summed E-state index contributed by atoms with van der Waals surface area (Å²) in [4.78, 5) is 35.8. The molecule has 2 aromatic heterocycles. The van der Waals surface area contributed by atoms with E-state index in [1.807, 2.05) is 11.5 Å². The Morgan fingerprint density at radius 2 is 1.88 bits per heavy atom. The fourth-order valence-electron chi connectivity index (χ4n) is 6.01. The number of piperidine rings is 1. The van der Waals surface area contributed by atoms with Crippen molar-refractivity contribution in [3.8, 4) is 0 Å². The molecule has 33 heavy (non-hydrogen) atoms. The molecule has 2 aromatic rings. The first-order chi connectivity index (χ1) is 15.5. The van der Waals surface area contributed by atoms with E-state index in [4.69, 9.17) is 4.98 Å². The zero-order valence-electron chi connectivity index (χ0n) is 21.2. The monoisotopic (exact) mass is 472 g/mol. The Hall–Kier alpha value is -1.73. The molecule has 182 valence electrons. The Bertz CT molecular complexity index is 1080. The van der Waals surface area contributed by atoms with Crippen LogP contribution in [-0.4, -0.2) is 44.0 Å². The van der Waals surface area contributed by atoms with Crippen LogP contribution in [0.15, 0.2) is 4.79 Å². The summed E-state index contributed by atoms with van der Waals surface area (Å²) >= 11 is 1.42. The minimum Gasteiger partial charge on any atom is -0.335 e. The fraction of sp³-hybridized carbons (Fsp3) is 0.731. The summed E-state index contributed by atoms with van der Waals surface area (Å²) in [6, 6.07) is 0.172. The van der Waals surface area contributed by atoms with E-state index >= 15 is 0 Å². The molecule has 0 unspecified atom stereocenters. The van der Waals surface area contributed by atoms with Crippen LogP contribution < -0.4 is 10.9 Å². The highest BCUT2D eigenvalue weighted by atomic mass is 32.1. The second kappa shape index (κ2) is 9.14.